The zero-order chi connectivity index (χ0) is 21.7. The first kappa shape index (κ1) is 21.7. The molecule has 30 heavy (non-hydrogen) atoms. The second-order valence-electron chi connectivity index (χ2n) is 6.93. The van der Waals surface area contributed by atoms with Crippen molar-refractivity contribution >= 4 is 28.1 Å². The van der Waals surface area contributed by atoms with E-state index >= 15 is 0 Å². The topological polar surface area (TPSA) is 105 Å². The van der Waals surface area contributed by atoms with Crippen LogP contribution in [0, 0.1) is 6.92 Å². The summed E-state index contributed by atoms with van der Waals surface area (Å²) in [6, 6.07) is 12.2. The van der Waals surface area contributed by atoms with Crippen molar-refractivity contribution in [1.29, 1.82) is 0 Å². The SMILES string of the molecule is COC(=O)c1ccc(/C=N/NC(=O)C2CCCN2S(=O)(=O)c2ccc(C)cc2)cc1. The van der Waals surface area contributed by atoms with Crippen LogP contribution in [0.25, 0.3) is 0 Å². The molecule has 0 aromatic heterocycles. The number of sulfonamides is 1. The molecule has 158 valence electrons. The average Bonchev–Trinajstić information content (AvgIpc) is 3.25. The summed E-state index contributed by atoms with van der Waals surface area (Å²) in [5, 5.41) is 3.92. The van der Waals surface area contributed by atoms with E-state index in [0.717, 1.165) is 5.56 Å². The van der Waals surface area contributed by atoms with Crippen molar-refractivity contribution in [2.75, 3.05) is 13.7 Å². The minimum atomic E-state index is -3.77. The molecule has 1 atom stereocenters. The van der Waals surface area contributed by atoms with Crippen LogP contribution < -0.4 is 5.43 Å². The van der Waals surface area contributed by atoms with Gasteiger partial charge in [-0.05, 0) is 49.6 Å². The quantitative estimate of drug-likeness (QED) is 0.430. The van der Waals surface area contributed by atoms with E-state index in [9.17, 15) is 18.0 Å². The van der Waals surface area contributed by atoms with Gasteiger partial charge in [0.2, 0.25) is 10.0 Å². The highest BCUT2D eigenvalue weighted by Crippen LogP contribution is 2.26. The Morgan fingerprint density at radius 3 is 2.43 bits per heavy atom. The van der Waals surface area contributed by atoms with Gasteiger partial charge < -0.3 is 4.74 Å². The largest absolute Gasteiger partial charge is 0.465 e. The van der Waals surface area contributed by atoms with Crippen LogP contribution in [0.1, 0.15) is 34.3 Å². The van der Waals surface area contributed by atoms with Crippen LogP contribution in [0.4, 0.5) is 0 Å². The Morgan fingerprint density at radius 1 is 1.13 bits per heavy atom. The van der Waals surface area contributed by atoms with Crippen LogP contribution in [-0.2, 0) is 19.6 Å². The van der Waals surface area contributed by atoms with Gasteiger partial charge in [0.1, 0.15) is 6.04 Å². The highest BCUT2D eigenvalue weighted by molar-refractivity contribution is 7.89. The Balaban J connectivity index is 1.66. The minimum absolute atomic E-state index is 0.169. The fourth-order valence-corrected chi connectivity index (χ4v) is 4.86. The molecule has 0 bridgehead atoms. The third kappa shape index (κ3) is 4.74. The van der Waals surface area contributed by atoms with Crippen molar-refractivity contribution in [1.82, 2.24) is 9.73 Å². The number of nitrogens with one attached hydrogen (secondary N) is 1. The number of ether oxygens (including phenoxy) is 1. The van der Waals surface area contributed by atoms with E-state index in [1.165, 1.54) is 17.6 Å². The second kappa shape index (κ2) is 9.19. The molecule has 0 saturated carbocycles. The summed E-state index contributed by atoms with van der Waals surface area (Å²) >= 11 is 0. The van der Waals surface area contributed by atoms with Crippen molar-refractivity contribution in [2.24, 2.45) is 5.10 Å². The number of hydrazone groups is 1. The molecule has 1 N–H and O–H groups in total. The van der Waals surface area contributed by atoms with E-state index < -0.39 is 27.9 Å². The predicted octanol–water partition coefficient (Wildman–Crippen LogP) is 2.09. The number of carbonyl (C=O) groups is 2. The standard InChI is InChI=1S/C21H23N3O5S/c1-15-5-11-18(12-6-15)30(27,28)24-13-3-4-19(24)20(25)23-22-14-16-7-9-17(10-8-16)21(26)29-2/h5-12,14,19H,3-4,13H2,1-2H3,(H,23,25)/b22-14+. The Kier molecular flexibility index (Phi) is 6.63. The molecule has 1 amide bonds. The van der Waals surface area contributed by atoms with Crippen molar-refractivity contribution in [3.8, 4) is 0 Å². The van der Waals surface area contributed by atoms with Crippen LogP contribution in [0.2, 0.25) is 0 Å². The lowest BCUT2D eigenvalue weighted by Crippen LogP contribution is -2.44. The number of carbonyl (C=O) groups excluding carboxylic acids is 2. The van der Waals surface area contributed by atoms with Gasteiger partial charge in [-0.1, -0.05) is 29.8 Å². The van der Waals surface area contributed by atoms with E-state index in [-0.39, 0.29) is 11.4 Å². The fourth-order valence-electron chi connectivity index (χ4n) is 3.20. The summed E-state index contributed by atoms with van der Waals surface area (Å²) in [5.74, 6) is -0.923. The summed E-state index contributed by atoms with van der Waals surface area (Å²) in [7, 11) is -2.46. The van der Waals surface area contributed by atoms with Crippen LogP contribution in [-0.4, -0.2) is 50.5 Å². The highest BCUT2D eigenvalue weighted by Gasteiger charge is 2.39. The van der Waals surface area contributed by atoms with Crippen molar-refractivity contribution in [3.63, 3.8) is 0 Å². The van der Waals surface area contributed by atoms with Crippen molar-refractivity contribution in [2.45, 2.75) is 30.7 Å². The lowest BCUT2D eigenvalue weighted by atomic mass is 10.1. The van der Waals surface area contributed by atoms with E-state index in [1.807, 2.05) is 6.92 Å². The summed E-state index contributed by atoms with van der Waals surface area (Å²) in [6.07, 6.45) is 2.45. The monoisotopic (exact) mass is 429 g/mol. The number of benzene rings is 2. The highest BCUT2D eigenvalue weighted by atomic mass is 32.2. The lowest BCUT2D eigenvalue weighted by Gasteiger charge is -2.22. The third-order valence-electron chi connectivity index (χ3n) is 4.85. The maximum Gasteiger partial charge on any atom is 0.337 e. The van der Waals surface area contributed by atoms with Gasteiger partial charge in [0.15, 0.2) is 0 Å². The number of rotatable bonds is 6. The molecule has 1 saturated heterocycles. The van der Waals surface area contributed by atoms with Gasteiger partial charge in [0, 0.05) is 6.54 Å². The van der Waals surface area contributed by atoms with Gasteiger partial charge >= 0.3 is 5.97 Å². The van der Waals surface area contributed by atoms with Gasteiger partial charge in [-0.15, -0.1) is 0 Å². The molecule has 1 aliphatic rings. The van der Waals surface area contributed by atoms with Gasteiger partial charge in [-0.2, -0.15) is 9.41 Å². The normalized spacial score (nSPS) is 17.2. The number of aryl methyl sites for hydroxylation is 1. The molecule has 3 rings (SSSR count). The predicted molar refractivity (Wildman–Crippen MR) is 112 cm³/mol. The number of esters is 1. The zero-order valence-corrected chi connectivity index (χ0v) is 17.6. The second-order valence-corrected chi connectivity index (χ2v) is 8.83. The number of methoxy groups -OCH3 is 1. The Morgan fingerprint density at radius 2 is 1.80 bits per heavy atom. The molecular weight excluding hydrogens is 406 g/mol. The van der Waals surface area contributed by atoms with E-state index in [2.05, 4.69) is 15.3 Å². The first-order valence-electron chi connectivity index (χ1n) is 9.43. The minimum Gasteiger partial charge on any atom is -0.465 e. The fraction of sp³-hybridized carbons (Fsp3) is 0.286. The molecular formula is C21H23N3O5S. The van der Waals surface area contributed by atoms with Crippen molar-refractivity contribution < 1.29 is 22.7 Å². The van der Waals surface area contributed by atoms with Crippen molar-refractivity contribution in [3.05, 3.63) is 65.2 Å². The molecule has 9 heteroatoms. The number of amides is 1. The smallest absolute Gasteiger partial charge is 0.337 e. The van der Waals surface area contributed by atoms with Crippen LogP contribution in [0.15, 0.2) is 58.5 Å². The van der Waals surface area contributed by atoms with Crippen LogP contribution in [0.5, 0.6) is 0 Å². The first-order valence-corrected chi connectivity index (χ1v) is 10.9. The van der Waals surface area contributed by atoms with Crippen LogP contribution in [0.3, 0.4) is 0 Å². The lowest BCUT2D eigenvalue weighted by molar-refractivity contribution is -0.124. The average molecular weight is 429 g/mol. The maximum absolute atomic E-state index is 12.9. The zero-order valence-electron chi connectivity index (χ0n) is 16.7. The molecule has 0 radical (unpaired) electrons. The first-order chi connectivity index (χ1) is 14.3. The third-order valence-corrected chi connectivity index (χ3v) is 6.78. The van der Waals surface area contributed by atoms with Gasteiger partial charge in [0.05, 0.1) is 23.8 Å². The van der Waals surface area contributed by atoms with Gasteiger partial charge in [-0.25, -0.2) is 18.6 Å². The molecule has 1 unspecified atom stereocenters. The summed E-state index contributed by atoms with van der Waals surface area (Å²) in [4.78, 5) is 24.2. The molecule has 1 fully saturated rings. The Bertz CT molecular complexity index is 1050. The Hall–Kier alpha value is -3.04. The summed E-state index contributed by atoms with van der Waals surface area (Å²) in [5.41, 5.74) is 4.44. The molecule has 0 aliphatic carbocycles. The molecule has 2 aromatic rings. The molecule has 8 nitrogen and oxygen atoms in total. The van der Waals surface area contributed by atoms with Gasteiger partial charge in [0.25, 0.3) is 5.91 Å². The van der Waals surface area contributed by atoms with E-state index in [0.29, 0.717) is 24.0 Å². The number of nitrogens with zero attached hydrogens (tertiary/aromatic N) is 2. The molecule has 1 heterocycles. The van der Waals surface area contributed by atoms with E-state index in [1.54, 1.807) is 48.5 Å². The maximum atomic E-state index is 12.9. The molecule has 2 aromatic carbocycles. The van der Waals surface area contributed by atoms with Crippen LogP contribution >= 0.6 is 0 Å². The number of hydrogen-bond donors (Lipinski definition) is 1. The van der Waals surface area contributed by atoms with Gasteiger partial charge in [-0.3, -0.25) is 4.79 Å². The molecule has 1 aliphatic heterocycles. The summed E-state index contributed by atoms with van der Waals surface area (Å²) < 4.78 is 31.7. The Labute approximate surface area is 175 Å². The van der Waals surface area contributed by atoms with E-state index in [4.69, 9.17) is 0 Å². The molecule has 0 spiro atoms. The summed E-state index contributed by atoms with van der Waals surface area (Å²) in [6.45, 7) is 2.16. The number of hydrogen-bond acceptors (Lipinski definition) is 6.